The van der Waals surface area contributed by atoms with Crippen LogP contribution in [0.25, 0.3) is 16.4 Å². The summed E-state index contributed by atoms with van der Waals surface area (Å²) in [5, 5.41) is 0. The molecule has 0 bridgehead atoms. The third-order valence-electron chi connectivity index (χ3n) is 10.1. The minimum atomic E-state index is 0.0975. The summed E-state index contributed by atoms with van der Waals surface area (Å²) in [6.07, 6.45) is 21.9. The lowest BCUT2D eigenvalue weighted by atomic mass is 9.83. The highest BCUT2D eigenvalue weighted by atomic mass is 35.5. The number of carbonyl (C=O) groups is 1. The summed E-state index contributed by atoms with van der Waals surface area (Å²) in [6.45, 7) is 15.7. The van der Waals surface area contributed by atoms with Gasteiger partial charge in [0.15, 0.2) is 5.78 Å². The first-order valence-electron chi connectivity index (χ1n) is 17.3. The van der Waals surface area contributed by atoms with Crippen molar-refractivity contribution in [1.82, 2.24) is 19.5 Å². The van der Waals surface area contributed by atoms with Gasteiger partial charge in [0.2, 0.25) is 0 Å². The smallest absolute Gasteiger partial charge is 0.190 e. The second-order valence-electron chi connectivity index (χ2n) is 14.2. The van der Waals surface area contributed by atoms with Crippen molar-refractivity contribution in [2.75, 3.05) is 0 Å². The average molecular weight is 675 g/mol. The van der Waals surface area contributed by atoms with Gasteiger partial charge in [-0.15, -0.1) is 11.3 Å². The molecule has 47 heavy (non-hydrogen) atoms. The molecule has 6 nitrogen and oxygen atoms in total. The highest BCUT2D eigenvalue weighted by molar-refractivity contribution is 7.22. The van der Waals surface area contributed by atoms with Gasteiger partial charge in [-0.25, -0.2) is 4.98 Å². The Bertz CT molecular complexity index is 1810. The zero-order valence-corrected chi connectivity index (χ0v) is 30.7. The minimum Gasteiger partial charge on any atom is -0.464 e. The molecule has 0 aromatic carbocycles. The number of hydrogen-bond donors (Lipinski definition) is 2. The summed E-state index contributed by atoms with van der Waals surface area (Å²) in [5.74, 6) is 0.835. The highest BCUT2D eigenvalue weighted by Gasteiger charge is 2.33. The van der Waals surface area contributed by atoms with Crippen LogP contribution in [0.15, 0.2) is 53.7 Å². The van der Waals surface area contributed by atoms with Gasteiger partial charge in [-0.3, -0.25) is 4.79 Å². The molecular formula is C39H51ClN4O2S. The van der Waals surface area contributed by atoms with Crippen molar-refractivity contribution in [3.63, 3.8) is 0 Å². The van der Waals surface area contributed by atoms with E-state index in [1.165, 1.54) is 61.9 Å². The molecule has 1 atom stereocenters. The number of halogens is 1. The fraction of sp³-hybridized carbons (Fsp3) is 0.487. The first kappa shape index (κ1) is 35.0. The van der Waals surface area contributed by atoms with E-state index in [-0.39, 0.29) is 5.78 Å². The molecule has 0 spiro atoms. The maximum atomic E-state index is 11.4. The van der Waals surface area contributed by atoms with Gasteiger partial charge in [0, 0.05) is 35.4 Å². The van der Waals surface area contributed by atoms with Crippen LogP contribution >= 0.6 is 22.9 Å². The molecule has 0 saturated heterocycles. The van der Waals surface area contributed by atoms with Crippen LogP contribution < -0.4 is 0 Å². The minimum absolute atomic E-state index is 0.0975. The van der Waals surface area contributed by atoms with Gasteiger partial charge in [0.1, 0.15) is 16.1 Å². The number of aromatic amines is 2. The van der Waals surface area contributed by atoms with Crippen LogP contribution in [-0.2, 0) is 30.1 Å². The Hall–Kier alpha value is -3.29. The van der Waals surface area contributed by atoms with Crippen molar-refractivity contribution >= 4 is 45.1 Å². The molecule has 0 fully saturated rings. The average Bonchev–Trinajstić information content (AvgIpc) is 3.87. The summed E-state index contributed by atoms with van der Waals surface area (Å²) in [5.41, 5.74) is 9.75. The first-order valence-corrected chi connectivity index (χ1v) is 18.4. The molecule has 2 N–H and O–H groups in total. The van der Waals surface area contributed by atoms with E-state index in [9.17, 15) is 4.79 Å². The Morgan fingerprint density at radius 2 is 1.72 bits per heavy atom. The second kappa shape index (κ2) is 14.9. The molecule has 252 valence electrons. The number of aromatic nitrogens is 4. The number of H-pyrrole nitrogens is 2. The van der Waals surface area contributed by atoms with Crippen LogP contribution in [-0.4, -0.2) is 25.3 Å². The van der Waals surface area contributed by atoms with Crippen LogP contribution in [0.3, 0.4) is 0 Å². The Labute approximate surface area is 289 Å². The third kappa shape index (κ3) is 7.73. The van der Waals surface area contributed by atoms with Crippen molar-refractivity contribution < 1.29 is 9.21 Å². The van der Waals surface area contributed by atoms with Gasteiger partial charge in [0.05, 0.1) is 22.5 Å². The number of allylic oxidation sites excluding steroid dienone is 1. The number of furan rings is 1. The number of nitrogens with zero attached hydrogens (tertiary/aromatic N) is 2. The number of hydrogen-bond acceptors (Lipinski definition) is 4. The molecule has 8 heteroatoms. The summed E-state index contributed by atoms with van der Waals surface area (Å²) < 4.78 is 8.24. The number of carbonyl (C=O) groups excluding carboxylic acids is 1. The molecule has 1 unspecified atom stereocenters. The summed E-state index contributed by atoms with van der Waals surface area (Å²) in [6, 6.07) is 6.80. The van der Waals surface area contributed by atoms with Crippen molar-refractivity contribution in [2.24, 2.45) is 0 Å². The number of imidazole rings is 1. The van der Waals surface area contributed by atoms with E-state index in [1.54, 1.807) is 35.3 Å². The van der Waals surface area contributed by atoms with Gasteiger partial charge in [0.25, 0.3) is 0 Å². The maximum absolute atomic E-state index is 11.4. The van der Waals surface area contributed by atoms with Gasteiger partial charge in [-0.2, -0.15) is 0 Å². The van der Waals surface area contributed by atoms with Crippen LogP contribution in [0, 0.1) is 0 Å². The molecule has 3 aliphatic rings. The molecule has 5 heterocycles. The molecule has 0 aliphatic heterocycles. The van der Waals surface area contributed by atoms with Gasteiger partial charge < -0.3 is 19.0 Å². The zero-order chi connectivity index (χ0) is 33.8. The molecular weight excluding hydrogens is 624 g/mol. The standard InChI is InChI=1S/C12H14O2.C10H15N.C9H13N.C8H9ClN2S/c1-2-3-4-5-9-8-14-11-7-6-10(13)12(9)11;1-3-10(2)6-4-9-8(10)5-7-11-9;1-9(2)5-3-8-7(9)4-6-10-8;1-5(2)11-4-10-6-3-7(9)12-8(6)11/h6-8H,2-5H2,1H3;5,7,11H,3-4,6H2,1-2H3;4,6,10H,3,5H2,1-2H3;3-5H,1-2H3. The summed E-state index contributed by atoms with van der Waals surface area (Å²) in [4.78, 5) is 23.4. The van der Waals surface area contributed by atoms with Gasteiger partial charge >= 0.3 is 0 Å². The maximum Gasteiger partial charge on any atom is 0.190 e. The Morgan fingerprint density at radius 3 is 2.40 bits per heavy atom. The van der Waals surface area contributed by atoms with E-state index in [0.717, 1.165) is 44.4 Å². The first-order chi connectivity index (χ1) is 22.5. The Kier molecular flexibility index (Phi) is 11.1. The predicted molar refractivity (Wildman–Crippen MR) is 197 cm³/mol. The monoisotopic (exact) mass is 674 g/mol. The summed E-state index contributed by atoms with van der Waals surface area (Å²) >= 11 is 7.45. The van der Waals surface area contributed by atoms with Crippen molar-refractivity contribution in [3.8, 4) is 0 Å². The van der Waals surface area contributed by atoms with Crippen molar-refractivity contribution in [1.29, 1.82) is 0 Å². The number of unbranched alkanes of at least 4 members (excludes halogenated alkanes) is 2. The SMILES string of the molecule is CC(C)n1cnc2cc(Cl)sc21.CC1(C)CCc2[nH]ccc21.CCC1(C)CCc2[nH]ccc21.CCCCCc1coc2c1C(=O)C=C2. The quantitative estimate of drug-likeness (QED) is 0.176. The molecule has 5 aromatic rings. The molecule has 8 rings (SSSR count). The Balaban J connectivity index is 0.000000124. The lowest BCUT2D eigenvalue weighted by Crippen LogP contribution is -2.15. The van der Waals surface area contributed by atoms with E-state index in [0.29, 0.717) is 16.9 Å². The zero-order valence-electron chi connectivity index (χ0n) is 29.1. The molecule has 0 radical (unpaired) electrons. The number of fused-ring (bicyclic) bond motifs is 4. The molecule has 3 aliphatic carbocycles. The largest absolute Gasteiger partial charge is 0.464 e. The normalized spacial score (nSPS) is 18.3. The van der Waals surface area contributed by atoms with Gasteiger partial charge in [-0.05, 0) is 111 Å². The molecule has 0 amide bonds. The van der Waals surface area contributed by atoms with Gasteiger partial charge in [-0.1, -0.05) is 59.1 Å². The second-order valence-corrected chi connectivity index (χ2v) is 15.8. The molecule has 5 aromatic heterocycles. The lowest BCUT2D eigenvalue weighted by Gasteiger charge is -2.21. The fourth-order valence-electron chi connectivity index (χ4n) is 6.86. The van der Waals surface area contributed by atoms with E-state index < -0.39 is 0 Å². The topological polar surface area (TPSA) is 79.6 Å². The number of thiophene rings is 1. The van der Waals surface area contributed by atoms with E-state index >= 15 is 0 Å². The van der Waals surface area contributed by atoms with E-state index in [4.69, 9.17) is 16.0 Å². The number of ketones is 1. The fourth-order valence-corrected chi connectivity index (χ4v) is 8.12. The molecule has 0 saturated carbocycles. The third-order valence-corrected chi connectivity index (χ3v) is 11.4. The van der Waals surface area contributed by atoms with E-state index in [1.807, 2.05) is 18.6 Å². The highest BCUT2D eigenvalue weighted by Crippen LogP contribution is 2.40. The number of aryl methyl sites for hydroxylation is 3. The van der Waals surface area contributed by atoms with E-state index in [2.05, 4.69) is 86.3 Å². The number of rotatable bonds is 6. The summed E-state index contributed by atoms with van der Waals surface area (Å²) in [7, 11) is 0. The number of nitrogens with one attached hydrogen (secondary N) is 2. The Morgan fingerprint density at radius 1 is 1.02 bits per heavy atom. The lowest BCUT2D eigenvalue weighted by molar-refractivity contribution is 0.104. The van der Waals surface area contributed by atoms with Crippen molar-refractivity contribution in [2.45, 2.75) is 123 Å². The van der Waals surface area contributed by atoms with Crippen LogP contribution in [0.4, 0.5) is 0 Å². The van der Waals surface area contributed by atoms with Crippen LogP contribution in [0.5, 0.6) is 0 Å². The van der Waals surface area contributed by atoms with Crippen molar-refractivity contribution in [3.05, 3.63) is 93.0 Å². The predicted octanol–water partition coefficient (Wildman–Crippen LogP) is 11.4. The van der Waals surface area contributed by atoms with Crippen LogP contribution in [0.1, 0.15) is 137 Å². The van der Waals surface area contributed by atoms with Crippen LogP contribution in [0.2, 0.25) is 4.34 Å².